The average molecular weight is 254 g/mol. The predicted octanol–water partition coefficient (Wildman–Crippen LogP) is 3.27. The highest BCUT2D eigenvalue weighted by molar-refractivity contribution is 5.04. The molecule has 4 heteroatoms. The Labute approximate surface area is 110 Å². The molecule has 0 saturated heterocycles. The Balaban J connectivity index is 2.22. The number of rotatable bonds is 8. The standard InChI is InChI=1S/C14H26N2O2/c1-5-6-7-8-17-11-13-9-12(16-18-13)10-15-14(2,3)4/h9,15H,5-8,10-11H2,1-4H3. The van der Waals surface area contributed by atoms with Gasteiger partial charge in [0.2, 0.25) is 0 Å². The molecule has 0 radical (unpaired) electrons. The van der Waals surface area contributed by atoms with E-state index in [1.807, 2.05) is 6.07 Å². The third kappa shape index (κ3) is 6.77. The van der Waals surface area contributed by atoms with Crippen molar-refractivity contribution in [3.63, 3.8) is 0 Å². The molecule has 0 aliphatic carbocycles. The highest BCUT2D eigenvalue weighted by atomic mass is 16.5. The summed E-state index contributed by atoms with van der Waals surface area (Å²) in [6.07, 6.45) is 3.55. The van der Waals surface area contributed by atoms with Gasteiger partial charge in [-0.3, -0.25) is 0 Å². The van der Waals surface area contributed by atoms with Crippen LogP contribution in [0.25, 0.3) is 0 Å². The lowest BCUT2D eigenvalue weighted by molar-refractivity contribution is 0.0978. The smallest absolute Gasteiger partial charge is 0.162 e. The van der Waals surface area contributed by atoms with Gasteiger partial charge in [-0.25, -0.2) is 0 Å². The van der Waals surface area contributed by atoms with E-state index in [2.05, 4.69) is 38.2 Å². The van der Waals surface area contributed by atoms with E-state index in [9.17, 15) is 0 Å². The fourth-order valence-electron chi connectivity index (χ4n) is 1.49. The van der Waals surface area contributed by atoms with Gasteiger partial charge in [-0.15, -0.1) is 0 Å². The SMILES string of the molecule is CCCCCOCc1cc(CNC(C)(C)C)no1. The molecule has 1 N–H and O–H groups in total. The zero-order chi connectivity index (χ0) is 13.4. The highest BCUT2D eigenvalue weighted by Gasteiger charge is 2.10. The Hall–Kier alpha value is -0.870. The van der Waals surface area contributed by atoms with Crippen molar-refractivity contribution in [3.8, 4) is 0 Å². The van der Waals surface area contributed by atoms with Crippen LogP contribution in [-0.2, 0) is 17.9 Å². The van der Waals surface area contributed by atoms with Crippen molar-refractivity contribution in [2.45, 2.75) is 65.6 Å². The van der Waals surface area contributed by atoms with Gasteiger partial charge in [-0.05, 0) is 27.2 Å². The molecule has 1 heterocycles. The van der Waals surface area contributed by atoms with Gasteiger partial charge in [0.25, 0.3) is 0 Å². The van der Waals surface area contributed by atoms with Crippen molar-refractivity contribution in [2.75, 3.05) is 6.61 Å². The summed E-state index contributed by atoms with van der Waals surface area (Å²) in [6.45, 7) is 10.6. The van der Waals surface area contributed by atoms with Crippen LogP contribution in [0.3, 0.4) is 0 Å². The topological polar surface area (TPSA) is 47.3 Å². The number of aromatic nitrogens is 1. The summed E-state index contributed by atoms with van der Waals surface area (Å²) in [5, 5.41) is 7.39. The molecule has 0 bridgehead atoms. The van der Waals surface area contributed by atoms with Gasteiger partial charge in [-0.1, -0.05) is 24.9 Å². The van der Waals surface area contributed by atoms with Gasteiger partial charge >= 0.3 is 0 Å². The molecular formula is C14H26N2O2. The quantitative estimate of drug-likeness (QED) is 0.723. The zero-order valence-corrected chi connectivity index (χ0v) is 12.1. The minimum Gasteiger partial charge on any atom is -0.373 e. The lowest BCUT2D eigenvalue weighted by atomic mass is 10.1. The molecule has 1 aromatic heterocycles. The minimum atomic E-state index is 0.0930. The van der Waals surface area contributed by atoms with E-state index in [1.165, 1.54) is 12.8 Å². The highest BCUT2D eigenvalue weighted by Crippen LogP contribution is 2.08. The van der Waals surface area contributed by atoms with Gasteiger partial charge in [0, 0.05) is 24.8 Å². The van der Waals surface area contributed by atoms with Crippen LogP contribution >= 0.6 is 0 Å². The van der Waals surface area contributed by atoms with E-state index in [1.54, 1.807) is 0 Å². The summed E-state index contributed by atoms with van der Waals surface area (Å²) in [5.41, 5.74) is 1.02. The molecule has 4 nitrogen and oxygen atoms in total. The number of hydrogen-bond acceptors (Lipinski definition) is 4. The van der Waals surface area contributed by atoms with Crippen molar-refractivity contribution in [2.24, 2.45) is 0 Å². The van der Waals surface area contributed by atoms with E-state index >= 15 is 0 Å². The summed E-state index contributed by atoms with van der Waals surface area (Å²) in [5.74, 6) is 0.803. The van der Waals surface area contributed by atoms with Crippen molar-refractivity contribution < 1.29 is 9.26 Å². The fourth-order valence-corrected chi connectivity index (χ4v) is 1.49. The van der Waals surface area contributed by atoms with Crippen molar-refractivity contribution in [3.05, 3.63) is 17.5 Å². The summed E-state index contributed by atoms with van der Waals surface area (Å²) in [6, 6.07) is 1.96. The van der Waals surface area contributed by atoms with E-state index in [0.29, 0.717) is 6.61 Å². The lowest BCUT2D eigenvalue weighted by Crippen LogP contribution is -2.35. The average Bonchev–Trinajstić information content (AvgIpc) is 2.73. The molecule has 1 rings (SSSR count). The molecule has 0 fully saturated rings. The van der Waals surface area contributed by atoms with Crippen molar-refractivity contribution in [1.82, 2.24) is 10.5 Å². The Morgan fingerprint density at radius 1 is 1.33 bits per heavy atom. The van der Waals surface area contributed by atoms with Crippen LogP contribution < -0.4 is 5.32 Å². The summed E-state index contributed by atoms with van der Waals surface area (Å²) in [7, 11) is 0. The van der Waals surface area contributed by atoms with Crippen LogP contribution in [0.2, 0.25) is 0 Å². The van der Waals surface area contributed by atoms with Crippen LogP contribution in [0.15, 0.2) is 10.6 Å². The Morgan fingerprint density at radius 2 is 2.11 bits per heavy atom. The van der Waals surface area contributed by atoms with Crippen LogP contribution in [0.5, 0.6) is 0 Å². The normalized spacial score (nSPS) is 12.0. The van der Waals surface area contributed by atoms with Crippen LogP contribution in [0.1, 0.15) is 58.4 Å². The molecule has 18 heavy (non-hydrogen) atoms. The molecule has 0 atom stereocenters. The molecule has 0 aliphatic rings. The third-order valence-corrected chi connectivity index (χ3v) is 2.54. The van der Waals surface area contributed by atoms with Crippen LogP contribution in [0, 0.1) is 0 Å². The van der Waals surface area contributed by atoms with Gasteiger partial charge < -0.3 is 14.6 Å². The molecule has 0 amide bonds. The summed E-state index contributed by atoms with van der Waals surface area (Å²) in [4.78, 5) is 0. The zero-order valence-electron chi connectivity index (χ0n) is 12.1. The van der Waals surface area contributed by atoms with E-state index in [0.717, 1.165) is 31.0 Å². The molecule has 0 saturated carbocycles. The largest absolute Gasteiger partial charge is 0.373 e. The molecule has 1 aromatic rings. The molecule has 0 spiro atoms. The Kier molecular flexibility index (Phi) is 6.36. The molecule has 0 aromatic carbocycles. The second-order valence-electron chi connectivity index (χ2n) is 5.65. The van der Waals surface area contributed by atoms with Crippen LogP contribution in [-0.4, -0.2) is 17.3 Å². The van der Waals surface area contributed by atoms with Crippen LogP contribution in [0.4, 0.5) is 0 Å². The predicted molar refractivity (Wildman–Crippen MR) is 72.3 cm³/mol. The number of nitrogens with one attached hydrogen (secondary N) is 1. The van der Waals surface area contributed by atoms with Gasteiger partial charge in [0.1, 0.15) is 6.61 Å². The molecule has 0 aliphatic heterocycles. The molecule has 104 valence electrons. The van der Waals surface area contributed by atoms with Gasteiger partial charge in [0.15, 0.2) is 5.76 Å². The second-order valence-corrected chi connectivity index (χ2v) is 5.65. The second kappa shape index (κ2) is 7.54. The van der Waals surface area contributed by atoms with Crippen molar-refractivity contribution in [1.29, 1.82) is 0 Å². The van der Waals surface area contributed by atoms with E-state index in [-0.39, 0.29) is 5.54 Å². The van der Waals surface area contributed by atoms with E-state index < -0.39 is 0 Å². The minimum absolute atomic E-state index is 0.0930. The first kappa shape index (κ1) is 15.2. The Morgan fingerprint density at radius 3 is 2.78 bits per heavy atom. The van der Waals surface area contributed by atoms with Gasteiger partial charge in [-0.2, -0.15) is 0 Å². The number of nitrogens with zero attached hydrogens (tertiary/aromatic N) is 1. The number of ether oxygens (including phenoxy) is 1. The van der Waals surface area contributed by atoms with Crippen molar-refractivity contribution >= 4 is 0 Å². The fraction of sp³-hybridized carbons (Fsp3) is 0.786. The number of unbranched alkanes of at least 4 members (excludes halogenated alkanes) is 2. The lowest BCUT2D eigenvalue weighted by Gasteiger charge is -2.19. The maximum atomic E-state index is 5.53. The summed E-state index contributed by atoms with van der Waals surface area (Å²) >= 11 is 0. The maximum Gasteiger partial charge on any atom is 0.162 e. The molecule has 0 unspecified atom stereocenters. The number of hydrogen-bond donors (Lipinski definition) is 1. The first-order chi connectivity index (χ1) is 8.51. The molecular weight excluding hydrogens is 228 g/mol. The first-order valence-corrected chi connectivity index (χ1v) is 6.78. The van der Waals surface area contributed by atoms with Gasteiger partial charge in [0.05, 0.1) is 5.69 Å². The third-order valence-electron chi connectivity index (χ3n) is 2.54. The van der Waals surface area contributed by atoms with E-state index in [4.69, 9.17) is 9.26 Å². The monoisotopic (exact) mass is 254 g/mol. The maximum absolute atomic E-state index is 5.53. The first-order valence-electron chi connectivity index (χ1n) is 6.78. The summed E-state index contributed by atoms with van der Waals surface area (Å²) < 4.78 is 10.7. The Bertz CT molecular complexity index is 329.